The maximum atomic E-state index is 5.69. The first-order chi connectivity index (χ1) is 9.13. The number of hydrogen-bond donors (Lipinski definition) is 2. The van der Waals surface area contributed by atoms with Crippen molar-refractivity contribution in [3.05, 3.63) is 23.8 Å². The molecule has 0 spiro atoms. The van der Waals surface area contributed by atoms with E-state index in [1.165, 1.54) is 6.42 Å². The van der Waals surface area contributed by atoms with Crippen LogP contribution in [0.5, 0.6) is 11.5 Å². The standard InChI is InChI=1S/C15H26N2O2/c1-11(2)7-5-9-13(17-16)12-8-6-10-14(18-3)15(12)19-4/h6,8,10-11,13,17H,5,7,9,16H2,1-4H3. The number of ether oxygens (including phenoxy) is 2. The molecule has 1 rings (SSSR count). The Bertz CT molecular complexity index is 380. The largest absolute Gasteiger partial charge is 0.493 e. The number of hydrogen-bond acceptors (Lipinski definition) is 4. The van der Waals surface area contributed by atoms with Crippen molar-refractivity contribution in [2.75, 3.05) is 14.2 Å². The van der Waals surface area contributed by atoms with Crippen LogP contribution in [-0.4, -0.2) is 14.2 Å². The number of para-hydroxylation sites is 1. The minimum atomic E-state index is 0.0869. The average Bonchev–Trinajstić information content (AvgIpc) is 2.42. The predicted octanol–water partition coefficient (Wildman–Crippen LogP) is 3.03. The van der Waals surface area contributed by atoms with Gasteiger partial charge in [0.2, 0.25) is 0 Å². The lowest BCUT2D eigenvalue weighted by atomic mass is 9.97. The predicted molar refractivity (Wildman–Crippen MR) is 78.3 cm³/mol. The van der Waals surface area contributed by atoms with Gasteiger partial charge in [0.1, 0.15) is 0 Å². The summed E-state index contributed by atoms with van der Waals surface area (Å²) in [5, 5.41) is 0. The van der Waals surface area contributed by atoms with Crippen LogP contribution in [0.3, 0.4) is 0 Å². The van der Waals surface area contributed by atoms with Crippen LogP contribution in [-0.2, 0) is 0 Å². The first kappa shape index (κ1) is 15.8. The molecule has 0 radical (unpaired) electrons. The van der Waals surface area contributed by atoms with Crippen LogP contribution in [0.15, 0.2) is 18.2 Å². The molecule has 1 atom stereocenters. The zero-order valence-electron chi connectivity index (χ0n) is 12.4. The molecule has 0 saturated heterocycles. The van der Waals surface area contributed by atoms with E-state index in [-0.39, 0.29) is 6.04 Å². The highest BCUT2D eigenvalue weighted by Crippen LogP contribution is 2.36. The van der Waals surface area contributed by atoms with E-state index in [4.69, 9.17) is 15.3 Å². The molecule has 0 heterocycles. The second-order valence-electron chi connectivity index (χ2n) is 5.13. The van der Waals surface area contributed by atoms with E-state index >= 15 is 0 Å². The Morgan fingerprint density at radius 3 is 2.42 bits per heavy atom. The summed E-state index contributed by atoms with van der Waals surface area (Å²) in [4.78, 5) is 0. The van der Waals surface area contributed by atoms with Gasteiger partial charge < -0.3 is 9.47 Å². The quantitative estimate of drug-likeness (QED) is 0.561. The molecule has 1 unspecified atom stereocenters. The number of nitrogens with two attached hydrogens (primary N) is 1. The second kappa shape index (κ2) is 8.02. The van der Waals surface area contributed by atoms with Gasteiger partial charge in [-0.1, -0.05) is 38.8 Å². The van der Waals surface area contributed by atoms with Crippen molar-refractivity contribution in [1.82, 2.24) is 5.43 Å². The molecule has 3 N–H and O–H groups in total. The van der Waals surface area contributed by atoms with Crippen molar-refractivity contribution in [1.29, 1.82) is 0 Å². The monoisotopic (exact) mass is 266 g/mol. The summed E-state index contributed by atoms with van der Waals surface area (Å²) in [5.74, 6) is 7.91. The Hall–Kier alpha value is -1.26. The minimum Gasteiger partial charge on any atom is -0.493 e. The molecule has 0 saturated carbocycles. The van der Waals surface area contributed by atoms with E-state index in [0.29, 0.717) is 5.92 Å². The first-order valence-electron chi connectivity index (χ1n) is 6.81. The minimum absolute atomic E-state index is 0.0869. The van der Waals surface area contributed by atoms with Gasteiger partial charge in [-0.2, -0.15) is 0 Å². The Kier molecular flexibility index (Phi) is 6.67. The molecule has 4 heteroatoms. The van der Waals surface area contributed by atoms with Gasteiger partial charge in [-0.25, -0.2) is 0 Å². The Balaban J connectivity index is 2.85. The van der Waals surface area contributed by atoms with Crippen LogP contribution in [0.1, 0.15) is 44.7 Å². The lowest BCUT2D eigenvalue weighted by Crippen LogP contribution is -2.28. The Morgan fingerprint density at radius 2 is 1.89 bits per heavy atom. The maximum absolute atomic E-state index is 5.69. The van der Waals surface area contributed by atoms with Crippen LogP contribution in [0, 0.1) is 5.92 Å². The highest BCUT2D eigenvalue weighted by Gasteiger charge is 2.17. The molecular formula is C15H26N2O2. The fraction of sp³-hybridized carbons (Fsp3) is 0.600. The topological polar surface area (TPSA) is 56.5 Å². The molecule has 0 aliphatic carbocycles. The van der Waals surface area contributed by atoms with Crippen LogP contribution in [0.25, 0.3) is 0 Å². The summed E-state index contributed by atoms with van der Waals surface area (Å²) in [5.41, 5.74) is 3.93. The average molecular weight is 266 g/mol. The number of nitrogens with one attached hydrogen (secondary N) is 1. The number of benzene rings is 1. The van der Waals surface area contributed by atoms with Crippen molar-refractivity contribution >= 4 is 0 Å². The van der Waals surface area contributed by atoms with Crippen molar-refractivity contribution in [3.8, 4) is 11.5 Å². The van der Waals surface area contributed by atoms with Crippen molar-refractivity contribution in [3.63, 3.8) is 0 Å². The molecule has 0 bridgehead atoms. The fourth-order valence-electron chi connectivity index (χ4n) is 2.25. The van der Waals surface area contributed by atoms with Crippen LogP contribution in [0.2, 0.25) is 0 Å². The van der Waals surface area contributed by atoms with E-state index in [9.17, 15) is 0 Å². The summed E-state index contributed by atoms with van der Waals surface area (Å²) in [6.45, 7) is 4.47. The van der Waals surface area contributed by atoms with Gasteiger partial charge in [0.25, 0.3) is 0 Å². The Labute approximate surface area is 116 Å². The SMILES string of the molecule is COc1cccc(C(CCCC(C)C)NN)c1OC. The van der Waals surface area contributed by atoms with Gasteiger partial charge in [-0.15, -0.1) is 0 Å². The molecular weight excluding hydrogens is 240 g/mol. The zero-order valence-corrected chi connectivity index (χ0v) is 12.4. The number of hydrazine groups is 1. The molecule has 0 fully saturated rings. The van der Waals surface area contributed by atoms with Crippen molar-refractivity contribution in [2.45, 2.75) is 39.2 Å². The van der Waals surface area contributed by atoms with Gasteiger partial charge in [0.15, 0.2) is 11.5 Å². The molecule has 108 valence electrons. The van der Waals surface area contributed by atoms with E-state index in [0.717, 1.165) is 29.9 Å². The summed E-state index contributed by atoms with van der Waals surface area (Å²) >= 11 is 0. The highest BCUT2D eigenvalue weighted by molar-refractivity contribution is 5.48. The lowest BCUT2D eigenvalue weighted by molar-refractivity contribution is 0.343. The third-order valence-electron chi connectivity index (χ3n) is 3.28. The third-order valence-corrected chi connectivity index (χ3v) is 3.28. The molecule has 0 aliphatic rings. The fourth-order valence-corrected chi connectivity index (χ4v) is 2.25. The van der Waals surface area contributed by atoms with Crippen molar-refractivity contribution in [2.24, 2.45) is 11.8 Å². The molecule has 4 nitrogen and oxygen atoms in total. The van der Waals surface area contributed by atoms with Gasteiger partial charge >= 0.3 is 0 Å². The Morgan fingerprint density at radius 1 is 1.16 bits per heavy atom. The number of rotatable bonds is 8. The molecule has 19 heavy (non-hydrogen) atoms. The summed E-state index contributed by atoms with van der Waals surface area (Å²) in [6.07, 6.45) is 3.32. The van der Waals surface area contributed by atoms with E-state index in [1.807, 2.05) is 18.2 Å². The van der Waals surface area contributed by atoms with E-state index in [2.05, 4.69) is 19.3 Å². The van der Waals surface area contributed by atoms with Gasteiger partial charge in [0.05, 0.1) is 14.2 Å². The normalized spacial score (nSPS) is 12.5. The van der Waals surface area contributed by atoms with Gasteiger partial charge in [0, 0.05) is 11.6 Å². The van der Waals surface area contributed by atoms with E-state index in [1.54, 1.807) is 14.2 Å². The van der Waals surface area contributed by atoms with Crippen molar-refractivity contribution < 1.29 is 9.47 Å². The summed E-state index contributed by atoms with van der Waals surface area (Å²) in [6, 6.07) is 5.97. The van der Waals surface area contributed by atoms with E-state index < -0.39 is 0 Å². The third kappa shape index (κ3) is 4.40. The zero-order chi connectivity index (χ0) is 14.3. The van der Waals surface area contributed by atoms with Gasteiger partial charge in [-0.05, 0) is 18.4 Å². The van der Waals surface area contributed by atoms with Crippen LogP contribution in [0.4, 0.5) is 0 Å². The molecule has 0 aromatic heterocycles. The summed E-state index contributed by atoms with van der Waals surface area (Å²) < 4.78 is 10.8. The lowest BCUT2D eigenvalue weighted by Gasteiger charge is -2.20. The number of methoxy groups -OCH3 is 2. The second-order valence-corrected chi connectivity index (χ2v) is 5.13. The first-order valence-corrected chi connectivity index (χ1v) is 6.81. The molecule has 1 aromatic rings. The highest BCUT2D eigenvalue weighted by atomic mass is 16.5. The summed E-state index contributed by atoms with van der Waals surface area (Å²) in [7, 11) is 3.30. The molecule has 1 aromatic carbocycles. The molecule has 0 amide bonds. The maximum Gasteiger partial charge on any atom is 0.165 e. The van der Waals surface area contributed by atoms with Gasteiger partial charge in [-0.3, -0.25) is 11.3 Å². The van der Waals surface area contributed by atoms with Crippen LogP contribution >= 0.6 is 0 Å². The van der Waals surface area contributed by atoms with Crippen LogP contribution < -0.4 is 20.7 Å². The molecule has 0 aliphatic heterocycles. The smallest absolute Gasteiger partial charge is 0.165 e.